The molecular formula is C21H32Cl2N4O2. The summed E-state index contributed by atoms with van der Waals surface area (Å²) in [6.07, 6.45) is 5.92. The predicted molar refractivity (Wildman–Crippen MR) is 122 cm³/mol. The number of halogens is 2. The number of nitrogens with one attached hydrogen (secondary N) is 1. The lowest BCUT2D eigenvalue weighted by Crippen LogP contribution is -2.38. The van der Waals surface area contributed by atoms with Crippen molar-refractivity contribution in [3.05, 3.63) is 30.5 Å². The predicted octanol–water partition coefficient (Wildman–Crippen LogP) is 3.27. The Morgan fingerprint density at radius 2 is 1.93 bits per heavy atom. The van der Waals surface area contributed by atoms with Gasteiger partial charge in [0.05, 0.1) is 13.2 Å². The van der Waals surface area contributed by atoms with Gasteiger partial charge < -0.3 is 20.4 Å². The minimum atomic E-state index is 0. The average molecular weight is 443 g/mol. The number of anilines is 1. The number of hydrogen-bond donors (Lipinski definition) is 2. The zero-order chi connectivity index (χ0) is 18.6. The number of ether oxygens (including phenoxy) is 1. The second kappa shape index (κ2) is 11.2. The summed E-state index contributed by atoms with van der Waals surface area (Å²) in [5.41, 5.74) is 8.16. The van der Waals surface area contributed by atoms with Crippen LogP contribution in [-0.2, 0) is 16.1 Å². The molecular weight excluding hydrogens is 411 g/mol. The van der Waals surface area contributed by atoms with Crippen molar-refractivity contribution < 1.29 is 9.53 Å². The highest BCUT2D eigenvalue weighted by atomic mass is 35.5. The van der Waals surface area contributed by atoms with Crippen molar-refractivity contribution in [1.29, 1.82) is 0 Å². The molecule has 1 saturated carbocycles. The quantitative estimate of drug-likeness (QED) is 0.719. The highest BCUT2D eigenvalue weighted by Crippen LogP contribution is 2.27. The average Bonchev–Trinajstić information content (AvgIpc) is 3.26. The third-order valence-electron chi connectivity index (χ3n) is 5.98. The fraction of sp³-hybridized carbons (Fsp3) is 0.571. The molecule has 29 heavy (non-hydrogen) atoms. The Morgan fingerprint density at radius 1 is 1.14 bits per heavy atom. The molecule has 6 nitrogen and oxygen atoms in total. The van der Waals surface area contributed by atoms with Crippen LogP contribution in [0, 0.1) is 5.92 Å². The maximum atomic E-state index is 12.3. The summed E-state index contributed by atoms with van der Waals surface area (Å²) in [7, 11) is 0. The molecule has 0 spiro atoms. The van der Waals surface area contributed by atoms with E-state index in [9.17, 15) is 4.79 Å². The molecule has 0 radical (unpaired) electrons. The summed E-state index contributed by atoms with van der Waals surface area (Å²) >= 11 is 0. The van der Waals surface area contributed by atoms with Crippen LogP contribution in [0.25, 0.3) is 10.9 Å². The molecule has 1 aromatic carbocycles. The van der Waals surface area contributed by atoms with Crippen molar-refractivity contribution in [3.8, 4) is 0 Å². The number of hydrogen-bond acceptors (Lipinski definition) is 4. The van der Waals surface area contributed by atoms with Gasteiger partial charge in [-0.15, -0.1) is 24.8 Å². The van der Waals surface area contributed by atoms with Crippen LogP contribution in [0.4, 0.5) is 5.69 Å². The minimum absolute atomic E-state index is 0. The third kappa shape index (κ3) is 6.09. The van der Waals surface area contributed by atoms with E-state index in [1.807, 2.05) is 6.07 Å². The molecule has 0 unspecified atom stereocenters. The van der Waals surface area contributed by atoms with Gasteiger partial charge in [0.15, 0.2) is 0 Å². The van der Waals surface area contributed by atoms with Gasteiger partial charge in [0.2, 0.25) is 5.91 Å². The van der Waals surface area contributed by atoms with Crippen LogP contribution in [-0.4, -0.2) is 54.3 Å². The number of carbonyl (C=O) groups is 1. The summed E-state index contributed by atoms with van der Waals surface area (Å²) in [5, 5.41) is 4.21. The largest absolute Gasteiger partial charge is 0.379 e. The molecule has 2 aromatic rings. The number of nitrogens with two attached hydrogens (primary N) is 1. The van der Waals surface area contributed by atoms with Crippen LogP contribution in [0.3, 0.4) is 0 Å². The molecule has 4 rings (SSSR count). The van der Waals surface area contributed by atoms with E-state index in [-0.39, 0.29) is 36.8 Å². The molecule has 1 aliphatic heterocycles. The number of amides is 1. The molecule has 3 N–H and O–H groups in total. The van der Waals surface area contributed by atoms with Gasteiger partial charge in [0, 0.05) is 61.4 Å². The van der Waals surface area contributed by atoms with E-state index in [4.69, 9.17) is 10.5 Å². The van der Waals surface area contributed by atoms with E-state index in [1.165, 1.54) is 5.52 Å². The van der Waals surface area contributed by atoms with Crippen LogP contribution >= 0.6 is 24.8 Å². The van der Waals surface area contributed by atoms with E-state index < -0.39 is 0 Å². The van der Waals surface area contributed by atoms with Gasteiger partial charge in [0.1, 0.15) is 0 Å². The fourth-order valence-electron chi connectivity index (χ4n) is 4.32. The van der Waals surface area contributed by atoms with Crippen LogP contribution in [0.15, 0.2) is 30.5 Å². The second-order valence-corrected chi connectivity index (χ2v) is 7.84. The number of aromatic nitrogens is 1. The summed E-state index contributed by atoms with van der Waals surface area (Å²) in [4.78, 5) is 14.8. The van der Waals surface area contributed by atoms with Gasteiger partial charge in [-0.2, -0.15) is 0 Å². The zero-order valence-electron chi connectivity index (χ0n) is 16.7. The molecule has 1 aliphatic carbocycles. The smallest absolute Gasteiger partial charge is 0.224 e. The Labute approximate surface area is 184 Å². The first-order valence-corrected chi connectivity index (χ1v) is 10.1. The molecule has 2 atom stereocenters. The monoisotopic (exact) mass is 442 g/mol. The number of benzene rings is 1. The van der Waals surface area contributed by atoms with Crippen LogP contribution in [0.2, 0.25) is 0 Å². The Morgan fingerprint density at radius 3 is 2.66 bits per heavy atom. The summed E-state index contributed by atoms with van der Waals surface area (Å²) in [6.45, 7) is 5.70. The van der Waals surface area contributed by atoms with Gasteiger partial charge in [-0.05, 0) is 43.0 Å². The first-order valence-electron chi connectivity index (χ1n) is 10.1. The second-order valence-electron chi connectivity index (χ2n) is 7.84. The first-order chi connectivity index (χ1) is 13.2. The van der Waals surface area contributed by atoms with Crippen LogP contribution in [0.5, 0.6) is 0 Å². The van der Waals surface area contributed by atoms with Gasteiger partial charge in [0.25, 0.3) is 0 Å². The number of morpholine rings is 1. The van der Waals surface area contributed by atoms with Gasteiger partial charge >= 0.3 is 0 Å². The Balaban J connectivity index is 0.00000150. The van der Waals surface area contributed by atoms with Gasteiger partial charge in [-0.3, -0.25) is 9.69 Å². The van der Waals surface area contributed by atoms with Gasteiger partial charge in [-0.25, -0.2) is 0 Å². The van der Waals surface area contributed by atoms with Crippen LogP contribution in [0.1, 0.15) is 25.7 Å². The van der Waals surface area contributed by atoms with Crippen molar-refractivity contribution in [2.75, 3.05) is 38.2 Å². The Kier molecular flexibility index (Phi) is 9.24. The molecule has 2 aliphatic rings. The number of carbonyl (C=O) groups excluding carboxylic acids is 1. The molecule has 0 bridgehead atoms. The maximum absolute atomic E-state index is 12.3. The highest BCUT2D eigenvalue weighted by molar-refractivity contribution is 5.94. The van der Waals surface area contributed by atoms with Crippen molar-refractivity contribution >= 4 is 47.3 Å². The summed E-state index contributed by atoms with van der Waals surface area (Å²) < 4.78 is 7.70. The molecule has 1 saturated heterocycles. The fourth-order valence-corrected chi connectivity index (χ4v) is 4.32. The summed E-state index contributed by atoms with van der Waals surface area (Å²) in [6, 6.07) is 8.47. The zero-order valence-corrected chi connectivity index (χ0v) is 18.4. The van der Waals surface area contributed by atoms with E-state index in [2.05, 4.69) is 39.2 Å². The molecule has 162 valence electrons. The van der Waals surface area contributed by atoms with E-state index in [0.29, 0.717) is 12.3 Å². The molecule has 2 heterocycles. The number of nitrogens with zero attached hydrogens (tertiary/aromatic N) is 2. The summed E-state index contributed by atoms with van der Waals surface area (Å²) in [5.74, 6) is 0.401. The molecule has 1 amide bonds. The lowest BCUT2D eigenvalue weighted by atomic mass is 10.00. The molecule has 2 fully saturated rings. The van der Waals surface area contributed by atoms with Crippen LogP contribution < -0.4 is 11.1 Å². The van der Waals surface area contributed by atoms with Gasteiger partial charge in [-0.1, -0.05) is 6.42 Å². The maximum Gasteiger partial charge on any atom is 0.224 e. The number of rotatable bonds is 6. The lowest BCUT2D eigenvalue weighted by Gasteiger charge is -2.26. The normalized spacial score (nSPS) is 22.1. The highest BCUT2D eigenvalue weighted by Gasteiger charge is 2.26. The van der Waals surface area contributed by atoms with E-state index in [0.717, 1.165) is 69.7 Å². The topological polar surface area (TPSA) is 72.5 Å². The first kappa shape index (κ1) is 24.0. The Bertz CT molecular complexity index is 792. The van der Waals surface area contributed by atoms with Crippen molar-refractivity contribution in [2.45, 2.75) is 38.3 Å². The molecule has 1 aromatic heterocycles. The van der Waals surface area contributed by atoms with E-state index in [1.54, 1.807) is 0 Å². The van der Waals surface area contributed by atoms with Crippen molar-refractivity contribution in [2.24, 2.45) is 11.7 Å². The Hall–Kier alpha value is -1.31. The minimum Gasteiger partial charge on any atom is -0.379 e. The van der Waals surface area contributed by atoms with E-state index >= 15 is 0 Å². The standard InChI is InChI=1S/C21H30N4O2.2ClH/c22-19-3-1-2-16(19)15-21(26)23-18-4-5-20-17(14-18)6-7-25(20)9-8-24-10-12-27-13-11-24;;/h4-7,14,16,19H,1-3,8-13,15,22H2,(H,23,26);2*1H/t16-,19+;;/m0../s1. The lowest BCUT2D eigenvalue weighted by molar-refractivity contribution is -0.117. The van der Waals surface area contributed by atoms with Crippen molar-refractivity contribution in [1.82, 2.24) is 9.47 Å². The molecule has 8 heteroatoms. The third-order valence-corrected chi connectivity index (χ3v) is 5.98. The SMILES string of the molecule is Cl.Cl.N[C@@H]1CCC[C@H]1CC(=O)Nc1ccc2c(ccn2CCN2CCOCC2)c1. The van der Waals surface area contributed by atoms with Crippen molar-refractivity contribution in [3.63, 3.8) is 0 Å². The number of fused-ring (bicyclic) bond motifs is 1.